The van der Waals surface area contributed by atoms with E-state index in [1.54, 1.807) is 0 Å². The molecule has 0 aliphatic carbocycles. The molecule has 0 radical (unpaired) electrons. The number of unbranched alkanes of at least 4 members (excludes halogenated alkanes) is 2. The maximum Gasteiger partial charge on any atom is 0.164 e. The molecule has 0 atom stereocenters. The fraction of sp³-hybridized carbons (Fsp3) is 0.151. The van der Waals surface area contributed by atoms with Gasteiger partial charge in [-0.05, 0) is 72.7 Å². The Bertz CT molecular complexity index is 3080. The predicted octanol–water partition coefficient (Wildman–Crippen LogP) is 14.2. The van der Waals surface area contributed by atoms with Crippen LogP contribution >= 0.6 is 0 Å². The highest BCUT2D eigenvalue weighted by atomic mass is 16.3. The molecule has 0 fully saturated rings. The molecule has 5 heteroatoms. The Morgan fingerprint density at radius 1 is 0.500 bits per heavy atom. The van der Waals surface area contributed by atoms with Gasteiger partial charge in [0, 0.05) is 38.4 Å². The maximum absolute atomic E-state index is 6.73. The van der Waals surface area contributed by atoms with Gasteiger partial charge in [0.1, 0.15) is 11.2 Å². The molecule has 58 heavy (non-hydrogen) atoms. The molecule has 0 saturated carbocycles. The SMILES string of the molecule is CCCCc1ccc(-c2nc(-c3ccccc3)nc(-c3cccc(-c4ccccc4-n4c5ccccc5c5ccc6oc7c(CCCC)cccc7c6c54)c3)n2)cc1. The lowest BCUT2D eigenvalue weighted by Crippen LogP contribution is -2.01. The Balaban J connectivity index is 1.15. The van der Waals surface area contributed by atoms with Gasteiger partial charge in [-0.15, -0.1) is 0 Å². The Morgan fingerprint density at radius 3 is 1.95 bits per heavy atom. The van der Waals surface area contributed by atoms with Gasteiger partial charge in [-0.1, -0.05) is 154 Å². The summed E-state index contributed by atoms with van der Waals surface area (Å²) >= 11 is 0. The van der Waals surface area contributed by atoms with Crippen LogP contribution in [0.1, 0.15) is 50.7 Å². The van der Waals surface area contributed by atoms with E-state index in [4.69, 9.17) is 19.4 Å². The molecule has 5 nitrogen and oxygen atoms in total. The summed E-state index contributed by atoms with van der Waals surface area (Å²) in [6, 6.07) is 56.0. The molecule has 0 amide bonds. The van der Waals surface area contributed by atoms with Gasteiger partial charge in [0.05, 0.1) is 22.1 Å². The Labute approximate surface area is 338 Å². The van der Waals surface area contributed by atoms with Crippen LogP contribution < -0.4 is 0 Å². The summed E-state index contributed by atoms with van der Waals surface area (Å²) in [6.07, 6.45) is 6.69. The van der Waals surface area contributed by atoms with E-state index in [1.807, 2.05) is 18.2 Å². The highest BCUT2D eigenvalue weighted by Crippen LogP contribution is 2.43. The second kappa shape index (κ2) is 15.2. The monoisotopic (exact) mass is 752 g/mol. The molecule has 282 valence electrons. The normalized spacial score (nSPS) is 11.7. The molecule has 0 bridgehead atoms. The average molecular weight is 753 g/mol. The van der Waals surface area contributed by atoms with E-state index in [1.165, 1.54) is 34.7 Å². The summed E-state index contributed by atoms with van der Waals surface area (Å²) in [4.78, 5) is 15.2. The van der Waals surface area contributed by atoms with Gasteiger partial charge in [0.15, 0.2) is 17.5 Å². The van der Waals surface area contributed by atoms with Crippen molar-refractivity contribution in [3.63, 3.8) is 0 Å². The Kier molecular flexibility index (Phi) is 9.34. The van der Waals surface area contributed by atoms with Gasteiger partial charge in [0.25, 0.3) is 0 Å². The van der Waals surface area contributed by atoms with Gasteiger partial charge < -0.3 is 8.98 Å². The van der Waals surface area contributed by atoms with Crippen LogP contribution in [0, 0.1) is 0 Å². The second-order valence-corrected chi connectivity index (χ2v) is 15.3. The fourth-order valence-electron chi connectivity index (χ4n) is 8.50. The first kappa shape index (κ1) is 35.6. The van der Waals surface area contributed by atoms with Crippen molar-refractivity contribution in [3.05, 3.63) is 169 Å². The zero-order valence-electron chi connectivity index (χ0n) is 33.0. The van der Waals surface area contributed by atoms with E-state index >= 15 is 0 Å². The number of hydrogen-bond acceptors (Lipinski definition) is 4. The number of fused-ring (bicyclic) bond motifs is 7. The van der Waals surface area contributed by atoms with Crippen molar-refractivity contribution in [3.8, 4) is 51.0 Å². The van der Waals surface area contributed by atoms with Crippen molar-refractivity contribution < 1.29 is 4.42 Å². The topological polar surface area (TPSA) is 56.7 Å². The zero-order chi connectivity index (χ0) is 39.0. The number of furan rings is 1. The number of aryl methyl sites for hydroxylation is 2. The van der Waals surface area contributed by atoms with E-state index in [0.29, 0.717) is 17.5 Å². The van der Waals surface area contributed by atoms with E-state index in [2.05, 4.69) is 158 Å². The third-order valence-electron chi connectivity index (χ3n) is 11.5. The van der Waals surface area contributed by atoms with Crippen LogP contribution in [0.4, 0.5) is 0 Å². The molecular weight excluding hydrogens is 709 g/mol. The largest absolute Gasteiger partial charge is 0.456 e. The van der Waals surface area contributed by atoms with Gasteiger partial charge >= 0.3 is 0 Å². The first-order chi connectivity index (χ1) is 28.7. The summed E-state index contributed by atoms with van der Waals surface area (Å²) in [5, 5.41) is 4.73. The summed E-state index contributed by atoms with van der Waals surface area (Å²) in [6.45, 7) is 4.47. The predicted molar refractivity (Wildman–Crippen MR) is 240 cm³/mol. The van der Waals surface area contributed by atoms with Crippen LogP contribution in [0.2, 0.25) is 0 Å². The molecule has 0 aliphatic rings. The van der Waals surface area contributed by atoms with Crippen molar-refractivity contribution in [2.75, 3.05) is 0 Å². The highest BCUT2D eigenvalue weighted by Gasteiger charge is 2.22. The molecule has 3 aromatic heterocycles. The van der Waals surface area contributed by atoms with E-state index < -0.39 is 0 Å². The number of nitrogens with zero attached hydrogens (tertiary/aromatic N) is 4. The van der Waals surface area contributed by atoms with Crippen molar-refractivity contribution in [1.82, 2.24) is 19.5 Å². The quantitative estimate of drug-likeness (QED) is 0.132. The smallest absolute Gasteiger partial charge is 0.164 e. The second-order valence-electron chi connectivity index (χ2n) is 15.3. The van der Waals surface area contributed by atoms with Crippen LogP contribution in [-0.2, 0) is 12.8 Å². The standard InChI is InChI=1S/C53H44N4O/c1-3-5-16-35-28-30-38(31-29-35)52-54-51(37-18-8-7-9-19-37)55-53(56-52)40-22-14-21-39(34-40)41-23-10-12-26-45(41)57-46-27-13-11-24-42(46)43-32-33-47-48(49(43)57)44-25-15-20-36(17-6-4-2)50(44)58-47/h7-15,18-34H,3-6,16-17H2,1-2H3. The number of para-hydroxylation sites is 3. The maximum atomic E-state index is 6.73. The molecular formula is C53H44N4O. The van der Waals surface area contributed by atoms with Crippen LogP contribution in [0.3, 0.4) is 0 Å². The Morgan fingerprint density at radius 2 is 1.14 bits per heavy atom. The van der Waals surface area contributed by atoms with Crippen LogP contribution in [-0.4, -0.2) is 19.5 Å². The number of benzene rings is 7. The molecule has 0 spiro atoms. The van der Waals surface area contributed by atoms with Crippen molar-refractivity contribution in [2.45, 2.75) is 52.4 Å². The third-order valence-corrected chi connectivity index (χ3v) is 11.5. The van der Waals surface area contributed by atoms with E-state index in [0.717, 1.165) is 92.2 Å². The molecule has 10 aromatic rings. The van der Waals surface area contributed by atoms with Gasteiger partial charge in [-0.2, -0.15) is 0 Å². The fourth-order valence-corrected chi connectivity index (χ4v) is 8.50. The first-order valence-corrected chi connectivity index (χ1v) is 20.7. The molecule has 0 N–H and O–H groups in total. The summed E-state index contributed by atoms with van der Waals surface area (Å²) < 4.78 is 9.17. The zero-order valence-corrected chi connectivity index (χ0v) is 33.0. The third kappa shape index (κ3) is 6.33. The van der Waals surface area contributed by atoms with Gasteiger partial charge in [0.2, 0.25) is 0 Å². The summed E-state index contributed by atoms with van der Waals surface area (Å²) in [5.74, 6) is 1.96. The van der Waals surface area contributed by atoms with Crippen molar-refractivity contribution in [2.24, 2.45) is 0 Å². The van der Waals surface area contributed by atoms with Crippen LogP contribution in [0.5, 0.6) is 0 Å². The lowest BCUT2D eigenvalue weighted by molar-refractivity contribution is 0.658. The Hall–Kier alpha value is -6.85. The first-order valence-electron chi connectivity index (χ1n) is 20.7. The van der Waals surface area contributed by atoms with Crippen LogP contribution in [0.15, 0.2) is 162 Å². The molecule has 10 rings (SSSR count). The minimum Gasteiger partial charge on any atom is -0.456 e. The minimum atomic E-state index is 0.639. The molecule has 7 aromatic carbocycles. The van der Waals surface area contributed by atoms with E-state index in [-0.39, 0.29) is 0 Å². The number of rotatable bonds is 11. The summed E-state index contributed by atoms with van der Waals surface area (Å²) in [7, 11) is 0. The van der Waals surface area contributed by atoms with Crippen LogP contribution in [0.25, 0.3) is 94.7 Å². The van der Waals surface area contributed by atoms with E-state index in [9.17, 15) is 0 Å². The number of aromatic nitrogens is 4. The van der Waals surface area contributed by atoms with Crippen molar-refractivity contribution in [1.29, 1.82) is 0 Å². The molecule has 0 aliphatic heterocycles. The lowest BCUT2D eigenvalue weighted by Gasteiger charge is -2.15. The summed E-state index contributed by atoms with van der Waals surface area (Å²) in [5.41, 5.74) is 13.0. The highest BCUT2D eigenvalue weighted by molar-refractivity contribution is 6.25. The van der Waals surface area contributed by atoms with Gasteiger partial charge in [-0.25, -0.2) is 15.0 Å². The molecule has 0 saturated heterocycles. The average Bonchev–Trinajstić information content (AvgIpc) is 3.84. The minimum absolute atomic E-state index is 0.639. The molecule has 0 unspecified atom stereocenters. The van der Waals surface area contributed by atoms with Gasteiger partial charge in [-0.3, -0.25) is 0 Å². The van der Waals surface area contributed by atoms with Crippen molar-refractivity contribution >= 4 is 43.7 Å². The molecule has 3 heterocycles. The lowest BCUT2D eigenvalue weighted by atomic mass is 10.00. The number of hydrogen-bond donors (Lipinski definition) is 0.